The molecule has 0 aromatic heterocycles. The number of rotatable bonds is 5. The summed E-state index contributed by atoms with van der Waals surface area (Å²) in [5, 5.41) is 9.56. The lowest BCUT2D eigenvalue weighted by Gasteiger charge is -2.38. The van der Waals surface area contributed by atoms with Gasteiger partial charge < -0.3 is 10.0 Å². The van der Waals surface area contributed by atoms with E-state index in [-0.39, 0.29) is 24.5 Å². The van der Waals surface area contributed by atoms with Crippen LogP contribution >= 0.6 is 0 Å². The van der Waals surface area contributed by atoms with Crippen LogP contribution in [0.1, 0.15) is 51.0 Å². The summed E-state index contributed by atoms with van der Waals surface area (Å²) in [6.45, 7) is 5.14. The number of amides is 1. The average Bonchev–Trinajstić information content (AvgIpc) is 2.55. The fourth-order valence-electron chi connectivity index (χ4n) is 3.27. The zero-order valence-corrected chi connectivity index (χ0v) is 13.2. The second kappa shape index (κ2) is 7.60. The van der Waals surface area contributed by atoms with Gasteiger partial charge in [0.05, 0.1) is 18.6 Å². The highest BCUT2D eigenvalue weighted by molar-refractivity contribution is 5.84. The maximum absolute atomic E-state index is 13.1. The van der Waals surface area contributed by atoms with Crippen LogP contribution in [0.25, 0.3) is 0 Å². The fraction of sp³-hybridized carbons (Fsp3) is 0.611. The maximum Gasteiger partial charge on any atom is 0.230 e. The molecule has 1 aromatic carbocycles. The van der Waals surface area contributed by atoms with Gasteiger partial charge in [-0.25, -0.2) is 0 Å². The van der Waals surface area contributed by atoms with E-state index in [2.05, 4.69) is 13.8 Å². The Bertz CT molecular complexity index is 446. The van der Waals surface area contributed by atoms with Crippen molar-refractivity contribution in [3.8, 4) is 0 Å². The number of aliphatic hydroxyl groups is 1. The number of piperidine rings is 1. The number of carbonyl (C=O) groups is 1. The summed E-state index contributed by atoms with van der Waals surface area (Å²) in [6, 6.07) is 10.1. The van der Waals surface area contributed by atoms with Gasteiger partial charge in [0.15, 0.2) is 0 Å². The molecule has 1 aliphatic rings. The SMILES string of the molecule is CCC(C)C(C(=O)N1CCCCC1CO)c1ccccc1. The zero-order valence-electron chi connectivity index (χ0n) is 13.2. The van der Waals surface area contributed by atoms with Crippen molar-refractivity contribution in [3.63, 3.8) is 0 Å². The number of benzene rings is 1. The monoisotopic (exact) mass is 289 g/mol. The highest BCUT2D eigenvalue weighted by atomic mass is 16.3. The Morgan fingerprint density at radius 2 is 2.05 bits per heavy atom. The molecule has 1 aromatic rings. The fourth-order valence-corrected chi connectivity index (χ4v) is 3.27. The van der Waals surface area contributed by atoms with Gasteiger partial charge >= 0.3 is 0 Å². The maximum atomic E-state index is 13.1. The van der Waals surface area contributed by atoms with Gasteiger partial charge in [-0.1, -0.05) is 50.6 Å². The van der Waals surface area contributed by atoms with E-state index in [0.29, 0.717) is 5.92 Å². The summed E-state index contributed by atoms with van der Waals surface area (Å²) in [5.41, 5.74) is 1.10. The molecule has 1 amide bonds. The molecule has 2 rings (SSSR count). The average molecular weight is 289 g/mol. The highest BCUT2D eigenvalue weighted by Crippen LogP contribution is 2.31. The zero-order chi connectivity index (χ0) is 15.2. The molecule has 1 saturated heterocycles. The summed E-state index contributed by atoms with van der Waals surface area (Å²) >= 11 is 0. The van der Waals surface area contributed by atoms with E-state index in [1.807, 2.05) is 35.2 Å². The minimum Gasteiger partial charge on any atom is -0.394 e. The second-order valence-electron chi connectivity index (χ2n) is 6.14. The molecule has 116 valence electrons. The van der Waals surface area contributed by atoms with Crippen molar-refractivity contribution in [3.05, 3.63) is 35.9 Å². The Balaban J connectivity index is 2.25. The van der Waals surface area contributed by atoms with Crippen LogP contribution in [-0.2, 0) is 4.79 Å². The third kappa shape index (κ3) is 3.65. The van der Waals surface area contributed by atoms with E-state index in [4.69, 9.17) is 0 Å². The lowest BCUT2D eigenvalue weighted by Crippen LogP contribution is -2.48. The molecule has 3 heteroatoms. The van der Waals surface area contributed by atoms with E-state index in [9.17, 15) is 9.90 Å². The van der Waals surface area contributed by atoms with E-state index in [1.165, 1.54) is 0 Å². The molecular formula is C18H27NO2. The van der Waals surface area contributed by atoms with Crippen LogP contribution in [0.4, 0.5) is 0 Å². The summed E-state index contributed by atoms with van der Waals surface area (Å²) in [5.74, 6) is 0.402. The van der Waals surface area contributed by atoms with Crippen molar-refractivity contribution in [2.24, 2.45) is 5.92 Å². The predicted molar refractivity (Wildman–Crippen MR) is 85.1 cm³/mol. The summed E-state index contributed by atoms with van der Waals surface area (Å²) in [7, 11) is 0. The third-order valence-corrected chi connectivity index (χ3v) is 4.76. The van der Waals surface area contributed by atoms with Gasteiger partial charge in [0, 0.05) is 6.54 Å². The van der Waals surface area contributed by atoms with Crippen molar-refractivity contribution in [1.82, 2.24) is 4.90 Å². The Labute approximate surface area is 128 Å². The van der Waals surface area contributed by atoms with Crippen molar-refractivity contribution in [2.45, 2.75) is 51.5 Å². The molecule has 0 radical (unpaired) electrons. The van der Waals surface area contributed by atoms with Gasteiger partial charge in [0.1, 0.15) is 0 Å². The van der Waals surface area contributed by atoms with Gasteiger partial charge in [-0.15, -0.1) is 0 Å². The Kier molecular flexibility index (Phi) is 5.80. The molecule has 0 saturated carbocycles. The standard InChI is InChI=1S/C18H27NO2/c1-3-14(2)17(15-9-5-4-6-10-15)18(21)19-12-8-7-11-16(19)13-20/h4-6,9-10,14,16-17,20H,3,7-8,11-13H2,1-2H3. The van der Waals surface area contributed by atoms with Gasteiger partial charge in [0.2, 0.25) is 5.91 Å². The first kappa shape index (κ1) is 16.0. The quantitative estimate of drug-likeness (QED) is 0.904. The lowest BCUT2D eigenvalue weighted by atomic mass is 9.83. The third-order valence-electron chi connectivity index (χ3n) is 4.76. The topological polar surface area (TPSA) is 40.5 Å². The smallest absolute Gasteiger partial charge is 0.230 e. The minimum atomic E-state index is -0.0941. The Morgan fingerprint density at radius 3 is 2.67 bits per heavy atom. The van der Waals surface area contributed by atoms with Gasteiger partial charge in [-0.3, -0.25) is 4.79 Å². The number of hydrogen-bond donors (Lipinski definition) is 1. The number of aliphatic hydroxyl groups excluding tert-OH is 1. The summed E-state index contributed by atoms with van der Waals surface area (Å²) in [4.78, 5) is 15.0. The largest absolute Gasteiger partial charge is 0.394 e. The van der Waals surface area contributed by atoms with Crippen LogP contribution < -0.4 is 0 Å². The van der Waals surface area contributed by atoms with Crippen molar-refractivity contribution >= 4 is 5.91 Å². The first-order chi connectivity index (χ1) is 10.2. The van der Waals surface area contributed by atoms with Crippen LogP contribution in [0, 0.1) is 5.92 Å². The molecule has 3 atom stereocenters. The van der Waals surface area contributed by atoms with E-state index >= 15 is 0 Å². The number of nitrogens with zero attached hydrogens (tertiary/aromatic N) is 1. The predicted octanol–water partition coefficient (Wildman–Crippen LogP) is 3.19. The molecule has 0 spiro atoms. The van der Waals surface area contributed by atoms with Gasteiger partial charge in [-0.2, -0.15) is 0 Å². The Morgan fingerprint density at radius 1 is 1.33 bits per heavy atom. The molecule has 3 unspecified atom stereocenters. The molecule has 21 heavy (non-hydrogen) atoms. The number of hydrogen-bond acceptors (Lipinski definition) is 2. The first-order valence-corrected chi connectivity index (χ1v) is 8.15. The van der Waals surface area contributed by atoms with Crippen LogP contribution in [0.3, 0.4) is 0 Å². The molecule has 1 N–H and O–H groups in total. The number of carbonyl (C=O) groups excluding carboxylic acids is 1. The highest BCUT2D eigenvalue weighted by Gasteiger charge is 2.34. The normalized spacial score (nSPS) is 21.9. The van der Waals surface area contributed by atoms with Crippen LogP contribution in [-0.4, -0.2) is 35.1 Å². The van der Waals surface area contributed by atoms with E-state index in [0.717, 1.165) is 37.8 Å². The molecule has 1 fully saturated rings. The molecule has 0 bridgehead atoms. The molecule has 3 nitrogen and oxygen atoms in total. The van der Waals surface area contributed by atoms with E-state index < -0.39 is 0 Å². The van der Waals surface area contributed by atoms with Gasteiger partial charge in [0.25, 0.3) is 0 Å². The first-order valence-electron chi connectivity index (χ1n) is 8.15. The molecule has 1 heterocycles. The number of likely N-dealkylation sites (tertiary alicyclic amines) is 1. The Hall–Kier alpha value is -1.35. The summed E-state index contributed by atoms with van der Waals surface area (Å²) < 4.78 is 0. The lowest BCUT2D eigenvalue weighted by molar-refractivity contribution is -0.138. The van der Waals surface area contributed by atoms with Crippen molar-refractivity contribution < 1.29 is 9.90 Å². The van der Waals surface area contributed by atoms with Crippen LogP contribution in [0.5, 0.6) is 0 Å². The van der Waals surface area contributed by atoms with E-state index in [1.54, 1.807) is 0 Å². The second-order valence-corrected chi connectivity index (χ2v) is 6.14. The molecular weight excluding hydrogens is 262 g/mol. The summed E-state index contributed by atoms with van der Waals surface area (Å²) in [6.07, 6.45) is 4.05. The van der Waals surface area contributed by atoms with Gasteiger partial charge in [-0.05, 0) is 30.7 Å². The van der Waals surface area contributed by atoms with Crippen molar-refractivity contribution in [1.29, 1.82) is 0 Å². The molecule has 0 aliphatic carbocycles. The van der Waals surface area contributed by atoms with Crippen LogP contribution in [0.15, 0.2) is 30.3 Å². The van der Waals surface area contributed by atoms with Crippen molar-refractivity contribution in [2.75, 3.05) is 13.2 Å². The van der Waals surface area contributed by atoms with Crippen LogP contribution in [0.2, 0.25) is 0 Å². The molecule has 1 aliphatic heterocycles. The minimum absolute atomic E-state index is 0.00141.